The van der Waals surface area contributed by atoms with E-state index in [4.69, 9.17) is 17.9 Å². The summed E-state index contributed by atoms with van der Waals surface area (Å²) in [5, 5.41) is 29.1. The molecule has 333 valence electrons. The molecule has 0 unspecified atom stereocenters. The Morgan fingerprint density at radius 2 is 1.01 bits per heavy atom. The third-order valence-corrected chi connectivity index (χ3v) is 18.2. The Bertz CT molecular complexity index is 3710. The molecule has 0 saturated carbocycles. The minimum absolute atomic E-state index is 0.0656. The molecule has 70 heavy (non-hydrogen) atoms. The van der Waals surface area contributed by atoms with Gasteiger partial charge in [-0.2, -0.15) is 0 Å². The van der Waals surface area contributed by atoms with Gasteiger partial charge in [0.15, 0.2) is 0 Å². The van der Waals surface area contributed by atoms with E-state index in [0.717, 1.165) is 55.4 Å². The van der Waals surface area contributed by atoms with Gasteiger partial charge in [0.1, 0.15) is 0 Å². The van der Waals surface area contributed by atoms with Crippen LogP contribution < -0.4 is 26.4 Å². The molecular formula is C63H43N4OOsP+. The molecule has 5 nitrogen and oxygen atoms in total. The molecule has 1 fully saturated rings. The van der Waals surface area contributed by atoms with Crippen molar-refractivity contribution >= 4 is 67.8 Å². The molecule has 0 spiro atoms. The molecule has 1 saturated heterocycles. The molecule has 7 heteroatoms. The maximum absolute atomic E-state index is 10.5. The summed E-state index contributed by atoms with van der Waals surface area (Å²) in [4.78, 5) is 7.46. The molecule has 1 heterocycles. The summed E-state index contributed by atoms with van der Waals surface area (Å²) in [6, 6.07) is 65.3. The zero-order valence-corrected chi connectivity index (χ0v) is 41.9. The van der Waals surface area contributed by atoms with Crippen LogP contribution in [0, 0.1) is 40.2 Å². The fourth-order valence-corrected chi connectivity index (χ4v) is 15.4. The van der Waals surface area contributed by atoms with Crippen LogP contribution in [0.2, 0.25) is 0 Å². The van der Waals surface area contributed by atoms with E-state index >= 15 is 0 Å². The summed E-state index contributed by atoms with van der Waals surface area (Å²) in [5.41, 5.74) is 8.91. The van der Waals surface area contributed by atoms with Crippen LogP contribution in [0.3, 0.4) is 0 Å². The van der Waals surface area contributed by atoms with Gasteiger partial charge in [-0.15, -0.1) is 0 Å². The van der Waals surface area contributed by atoms with Gasteiger partial charge in [0.2, 0.25) is 0 Å². The Kier molecular flexibility index (Phi) is 14.0. The molecule has 1 aliphatic rings. The van der Waals surface area contributed by atoms with E-state index in [2.05, 4.69) is 161 Å². The Morgan fingerprint density at radius 1 is 0.571 bits per heavy atom. The van der Waals surface area contributed by atoms with E-state index in [0.29, 0.717) is 45.2 Å². The van der Waals surface area contributed by atoms with Crippen LogP contribution in [0.25, 0.3) is 76.5 Å². The Morgan fingerprint density at radius 3 is 1.43 bits per heavy atom. The molecule has 0 amide bonds. The van der Waals surface area contributed by atoms with Crippen molar-refractivity contribution in [1.29, 1.82) is 10.5 Å². The summed E-state index contributed by atoms with van der Waals surface area (Å²) in [6.45, 7) is 21.4. The minimum Gasteiger partial charge on any atom is -0.226 e. The van der Waals surface area contributed by atoms with Gasteiger partial charge < -0.3 is 0 Å². The minimum atomic E-state index is -2.58. The number of nitrogens with zero attached hydrogens (tertiary/aromatic N) is 4. The molecule has 0 N–H and O–H groups in total. The number of allylic oxidation sites excluding steroid dienone is 5. The van der Waals surface area contributed by atoms with Crippen LogP contribution in [-0.2, 0) is 22.7 Å². The van der Waals surface area contributed by atoms with Crippen molar-refractivity contribution in [1.82, 2.24) is 0 Å². The van der Waals surface area contributed by atoms with E-state index in [-0.39, 0.29) is 11.4 Å². The SMILES string of the molecule is [C-]#[N+]/C(C#N)=c1\c2cc(-c3ccc(C(C=C4COCC4=CC)=C([C]#[Os])[P+](c4ccccc4)(c4ccccc4)c4ccccc4)cc3)ccc2/c(=C(/C#N)[N+]#[C-])c2cc(-c3ccc(/C=C/C)cc3)ccc12. The molecular weight excluding hydrogens is 1050 g/mol. The quantitative estimate of drug-likeness (QED) is 0.0822. The van der Waals surface area contributed by atoms with E-state index < -0.39 is 7.26 Å². The number of ether oxygens (including phenoxy) is 1. The van der Waals surface area contributed by atoms with Gasteiger partial charge in [-0.3, -0.25) is 0 Å². The first-order valence-corrected chi connectivity index (χ1v) is 25.7. The predicted molar refractivity (Wildman–Crippen MR) is 286 cm³/mol. The number of nitriles is 2. The average Bonchev–Trinajstić information content (AvgIpc) is 3.88. The number of rotatable bonds is 9. The number of fused-ring (bicyclic) bond motifs is 2. The van der Waals surface area contributed by atoms with E-state index in [1.54, 1.807) is 17.9 Å². The first kappa shape index (κ1) is 46.8. The molecule has 0 radical (unpaired) electrons. The van der Waals surface area contributed by atoms with Crippen LogP contribution in [0.4, 0.5) is 0 Å². The van der Waals surface area contributed by atoms with Crippen molar-refractivity contribution in [3.63, 3.8) is 0 Å². The van der Waals surface area contributed by atoms with Gasteiger partial charge in [-0.05, 0) is 35.1 Å². The van der Waals surface area contributed by atoms with Crippen LogP contribution in [0.1, 0.15) is 25.0 Å². The summed E-state index contributed by atoms with van der Waals surface area (Å²) in [6.07, 6.45) is 8.47. The summed E-state index contributed by atoms with van der Waals surface area (Å²) in [7, 11) is -2.58. The molecule has 0 bridgehead atoms. The van der Waals surface area contributed by atoms with Gasteiger partial charge in [0.05, 0.1) is 25.3 Å². The smallest absolute Gasteiger partial charge is 0.226 e. The number of hydrogen-bond donors (Lipinski definition) is 0. The van der Waals surface area contributed by atoms with Crippen molar-refractivity contribution in [2.75, 3.05) is 13.2 Å². The van der Waals surface area contributed by atoms with Crippen molar-refractivity contribution < 1.29 is 22.7 Å². The topological polar surface area (TPSA) is 65.5 Å². The monoisotopic (exact) mass is 1090 g/mol. The van der Waals surface area contributed by atoms with Crippen LogP contribution in [-0.4, -0.2) is 13.2 Å². The fraction of sp³-hybridized carbons (Fsp3) is 0.0635. The van der Waals surface area contributed by atoms with Crippen molar-refractivity contribution in [3.8, 4) is 38.8 Å². The van der Waals surface area contributed by atoms with Crippen LogP contribution >= 0.6 is 7.26 Å². The van der Waals surface area contributed by atoms with Crippen molar-refractivity contribution in [2.45, 2.75) is 13.8 Å². The second-order valence-electron chi connectivity index (χ2n) is 16.6. The summed E-state index contributed by atoms with van der Waals surface area (Å²) >= 11 is 1.76. The maximum atomic E-state index is 10.5. The molecule has 0 atom stereocenters. The van der Waals surface area contributed by atoms with E-state index in [9.17, 15) is 10.5 Å². The predicted octanol–water partition coefficient (Wildman–Crippen LogP) is 12.6. The molecule has 1 aliphatic heterocycles. The van der Waals surface area contributed by atoms with Gasteiger partial charge in [0, 0.05) is 0 Å². The summed E-state index contributed by atoms with van der Waals surface area (Å²) < 4.78 is 9.91. The second-order valence-corrected chi connectivity index (χ2v) is 20.6. The van der Waals surface area contributed by atoms with Gasteiger partial charge in [0.25, 0.3) is 5.70 Å². The zero-order chi connectivity index (χ0) is 48.6. The van der Waals surface area contributed by atoms with Gasteiger partial charge in [-0.1, -0.05) is 48.6 Å². The number of hydrogen-bond acceptors (Lipinski definition) is 3. The Labute approximate surface area is 419 Å². The number of benzene rings is 8. The van der Waals surface area contributed by atoms with Crippen LogP contribution in [0.5, 0.6) is 0 Å². The fourth-order valence-electron chi connectivity index (χ4n) is 9.59. The second kappa shape index (κ2) is 20.9. The van der Waals surface area contributed by atoms with E-state index in [1.165, 1.54) is 15.9 Å². The third kappa shape index (κ3) is 8.61. The van der Waals surface area contributed by atoms with Gasteiger partial charge in [-0.25, -0.2) is 20.2 Å². The average molecular weight is 1090 g/mol. The Hall–Kier alpha value is -8.25. The molecule has 0 aliphatic carbocycles. The third-order valence-electron chi connectivity index (χ3n) is 12.9. The summed E-state index contributed by atoms with van der Waals surface area (Å²) in [5.74, 6) is 0. The molecule has 9 rings (SSSR count). The van der Waals surface area contributed by atoms with E-state index in [1.807, 2.05) is 79.7 Å². The molecule has 8 aromatic rings. The normalized spacial score (nSPS) is 14.9. The van der Waals surface area contributed by atoms with Crippen molar-refractivity contribution in [2.24, 2.45) is 0 Å². The first-order chi connectivity index (χ1) is 34.4. The first-order valence-electron chi connectivity index (χ1n) is 22.7. The molecule has 0 aromatic heterocycles. The van der Waals surface area contributed by atoms with Crippen LogP contribution in [0.15, 0.2) is 211 Å². The standard InChI is InChI=1S/C63H43N4OP.Os/c1-6-17-44-24-26-46(27-25-44)49-32-34-55-58(36-49)62(60(39-64)66-4)56-35-33-50(37-59(56)63(55)61(40-65)67-5)47-28-30-48(31-29-47)57(38-51-42-68-41-45(51)7-2)43(3)69(52-18-11-8-12-19-52,53-20-13-9-14-21-53)54-22-15-10-16-23-54;/h6-38H,41-42H2,1-2H3;/q+1;/b17-6+,45-7?,51-38?,57-43?,62-60+,63-61-;. The van der Waals surface area contributed by atoms with Crippen molar-refractivity contribution in [3.05, 3.63) is 255 Å². The Balaban J connectivity index is 1.29. The van der Waals surface area contributed by atoms with Gasteiger partial charge >= 0.3 is 287 Å². The zero-order valence-electron chi connectivity index (χ0n) is 38.5. The molecule has 8 aromatic carbocycles.